The molecule has 1 aromatic carbocycles. The molecule has 0 spiro atoms. The zero-order valence-corrected chi connectivity index (χ0v) is 12.9. The van der Waals surface area contributed by atoms with Crippen LogP contribution in [0.4, 0.5) is 5.69 Å². The molecule has 1 N–H and O–H groups in total. The molecule has 17 heavy (non-hydrogen) atoms. The van der Waals surface area contributed by atoms with Gasteiger partial charge in [-0.1, -0.05) is 42.8 Å². The topological polar surface area (TPSA) is 46.2 Å². The first-order chi connectivity index (χ1) is 7.59. The second-order valence-electron chi connectivity index (χ2n) is 5.38. The van der Waals surface area contributed by atoms with E-state index in [0.29, 0.717) is 5.69 Å². The molecule has 96 valence electrons. The Morgan fingerprint density at radius 3 is 2.41 bits per heavy atom. The molecular formula is C12H18BrNO2S. The maximum atomic E-state index is 12.0. The SMILES string of the molecule is Cc1ccc(Br)cc1NS(=O)(=O)CC(C)(C)C. The van der Waals surface area contributed by atoms with Gasteiger partial charge in [-0.2, -0.15) is 0 Å². The first kappa shape index (κ1) is 14.5. The fourth-order valence-corrected chi connectivity index (χ4v) is 3.61. The van der Waals surface area contributed by atoms with Crippen molar-refractivity contribution < 1.29 is 8.42 Å². The van der Waals surface area contributed by atoms with Crippen LogP contribution in [0.15, 0.2) is 22.7 Å². The minimum atomic E-state index is -3.30. The summed E-state index contributed by atoms with van der Waals surface area (Å²) in [4.78, 5) is 0. The molecule has 0 bridgehead atoms. The van der Waals surface area contributed by atoms with Crippen molar-refractivity contribution in [2.45, 2.75) is 27.7 Å². The van der Waals surface area contributed by atoms with Gasteiger partial charge >= 0.3 is 0 Å². The molecule has 0 fully saturated rings. The molecule has 0 saturated carbocycles. The van der Waals surface area contributed by atoms with E-state index in [1.165, 1.54) is 0 Å². The number of nitrogens with one attached hydrogen (secondary N) is 1. The lowest BCUT2D eigenvalue weighted by Gasteiger charge is -2.19. The van der Waals surface area contributed by atoms with Gasteiger partial charge in [0.1, 0.15) is 0 Å². The third-order valence-electron chi connectivity index (χ3n) is 2.09. The van der Waals surface area contributed by atoms with Crippen molar-refractivity contribution >= 4 is 31.6 Å². The highest BCUT2D eigenvalue weighted by Crippen LogP contribution is 2.23. The summed E-state index contributed by atoms with van der Waals surface area (Å²) in [6.07, 6.45) is 0. The Labute approximate surface area is 112 Å². The second-order valence-corrected chi connectivity index (χ2v) is 8.02. The molecule has 0 aliphatic rings. The highest BCUT2D eigenvalue weighted by atomic mass is 79.9. The Hall–Kier alpha value is -0.550. The number of hydrogen-bond acceptors (Lipinski definition) is 2. The van der Waals surface area contributed by atoms with E-state index >= 15 is 0 Å². The van der Waals surface area contributed by atoms with Gasteiger partial charge in [-0.15, -0.1) is 0 Å². The number of rotatable bonds is 3. The smallest absolute Gasteiger partial charge is 0.233 e. The van der Waals surface area contributed by atoms with Gasteiger partial charge in [0.05, 0.1) is 11.4 Å². The maximum Gasteiger partial charge on any atom is 0.233 e. The van der Waals surface area contributed by atoms with Gasteiger partial charge in [0, 0.05) is 4.47 Å². The summed E-state index contributed by atoms with van der Waals surface area (Å²) in [5, 5.41) is 0. The summed E-state index contributed by atoms with van der Waals surface area (Å²) in [6.45, 7) is 7.58. The van der Waals surface area contributed by atoms with Gasteiger partial charge in [0.15, 0.2) is 0 Å². The van der Waals surface area contributed by atoms with Crippen molar-refractivity contribution in [3.05, 3.63) is 28.2 Å². The average Bonchev–Trinajstić information content (AvgIpc) is 2.06. The van der Waals surface area contributed by atoms with Crippen molar-refractivity contribution in [2.24, 2.45) is 5.41 Å². The quantitative estimate of drug-likeness (QED) is 0.926. The van der Waals surface area contributed by atoms with Gasteiger partial charge in [0.2, 0.25) is 10.0 Å². The zero-order chi connectivity index (χ0) is 13.3. The number of sulfonamides is 1. The molecular weight excluding hydrogens is 302 g/mol. The van der Waals surface area contributed by atoms with Crippen LogP contribution in [0.25, 0.3) is 0 Å². The first-order valence-electron chi connectivity index (χ1n) is 5.36. The summed E-state index contributed by atoms with van der Waals surface area (Å²) in [5.74, 6) is 0.103. The highest BCUT2D eigenvalue weighted by Gasteiger charge is 2.21. The Morgan fingerprint density at radius 2 is 1.88 bits per heavy atom. The van der Waals surface area contributed by atoms with Crippen LogP contribution in [0.3, 0.4) is 0 Å². The van der Waals surface area contributed by atoms with E-state index in [4.69, 9.17) is 0 Å². The Morgan fingerprint density at radius 1 is 1.29 bits per heavy atom. The average molecular weight is 320 g/mol. The summed E-state index contributed by atoms with van der Waals surface area (Å²) >= 11 is 3.33. The molecule has 0 aliphatic heterocycles. The molecule has 1 aromatic rings. The Kier molecular flexibility index (Phi) is 4.25. The minimum absolute atomic E-state index is 0.103. The van der Waals surface area contributed by atoms with Crippen LogP contribution in [-0.4, -0.2) is 14.2 Å². The van der Waals surface area contributed by atoms with Crippen LogP contribution in [0.2, 0.25) is 0 Å². The lowest BCUT2D eigenvalue weighted by molar-refractivity contribution is 0.463. The molecule has 0 unspecified atom stereocenters. The monoisotopic (exact) mass is 319 g/mol. The van der Waals surface area contributed by atoms with E-state index in [1.54, 1.807) is 6.07 Å². The number of aryl methyl sites for hydroxylation is 1. The van der Waals surface area contributed by atoms with Crippen LogP contribution in [0.5, 0.6) is 0 Å². The van der Waals surface area contributed by atoms with E-state index in [-0.39, 0.29) is 11.2 Å². The molecule has 0 aliphatic carbocycles. The van der Waals surface area contributed by atoms with Gasteiger partial charge in [0.25, 0.3) is 0 Å². The van der Waals surface area contributed by atoms with Crippen LogP contribution >= 0.6 is 15.9 Å². The molecule has 0 atom stereocenters. The summed E-state index contributed by atoms with van der Waals surface area (Å²) in [7, 11) is -3.30. The largest absolute Gasteiger partial charge is 0.283 e. The first-order valence-corrected chi connectivity index (χ1v) is 7.80. The van der Waals surface area contributed by atoms with Crippen molar-refractivity contribution in [1.29, 1.82) is 0 Å². The Balaban J connectivity index is 2.94. The van der Waals surface area contributed by atoms with Crippen LogP contribution < -0.4 is 4.72 Å². The van der Waals surface area contributed by atoms with Crippen LogP contribution in [0, 0.1) is 12.3 Å². The predicted octanol–water partition coefficient (Wildman–Crippen LogP) is 3.55. The van der Waals surface area contributed by atoms with Crippen molar-refractivity contribution in [1.82, 2.24) is 0 Å². The highest BCUT2D eigenvalue weighted by molar-refractivity contribution is 9.10. The molecule has 0 aromatic heterocycles. The van der Waals surface area contributed by atoms with Crippen molar-refractivity contribution in [3.8, 4) is 0 Å². The molecule has 5 heteroatoms. The molecule has 0 radical (unpaired) electrons. The van der Waals surface area contributed by atoms with E-state index in [1.807, 2.05) is 39.8 Å². The number of halogens is 1. The summed E-state index contributed by atoms with van der Waals surface area (Å²) < 4.78 is 27.4. The normalized spacial score (nSPS) is 12.5. The number of hydrogen-bond donors (Lipinski definition) is 1. The van der Waals surface area contributed by atoms with Crippen LogP contribution in [-0.2, 0) is 10.0 Å². The Bertz CT molecular complexity index is 504. The summed E-state index contributed by atoms with van der Waals surface area (Å²) in [6, 6.07) is 5.53. The molecule has 0 heterocycles. The van der Waals surface area contributed by atoms with Crippen molar-refractivity contribution in [3.63, 3.8) is 0 Å². The van der Waals surface area contributed by atoms with E-state index in [2.05, 4.69) is 20.7 Å². The minimum Gasteiger partial charge on any atom is -0.283 e. The van der Waals surface area contributed by atoms with Crippen molar-refractivity contribution in [2.75, 3.05) is 10.5 Å². The lowest BCUT2D eigenvalue weighted by atomic mass is 10.0. The molecule has 1 rings (SSSR count). The predicted molar refractivity (Wildman–Crippen MR) is 75.7 cm³/mol. The second kappa shape index (κ2) is 4.98. The van der Waals surface area contributed by atoms with Gasteiger partial charge in [-0.25, -0.2) is 8.42 Å². The fraction of sp³-hybridized carbons (Fsp3) is 0.500. The maximum absolute atomic E-state index is 12.0. The van der Waals surface area contributed by atoms with E-state index in [0.717, 1.165) is 10.0 Å². The third kappa shape index (κ3) is 5.08. The van der Waals surface area contributed by atoms with E-state index in [9.17, 15) is 8.42 Å². The lowest BCUT2D eigenvalue weighted by Crippen LogP contribution is -2.26. The van der Waals surface area contributed by atoms with Gasteiger partial charge in [-0.05, 0) is 30.0 Å². The molecule has 0 amide bonds. The molecule has 3 nitrogen and oxygen atoms in total. The summed E-state index contributed by atoms with van der Waals surface area (Å²) in [5.41, 5.74) is 1.28. The zero-order valence-electron chi connectivity index (χ0n) is 10.5. The number of benzene rings is 1. The third-order valence-corrected chi connectivity index (χ3v) is 4.36. The number of anilines is 1. The molecule has 0 saturated heterocycles. The fourth-order valence-electron chi connectivity index (χ4n) is 1.48. The van der Waals surface area contributed by atoms with E-state index < -0.39 is 10.0 Å². The van der Waals surface area contributed by atoms with Gasteiger partial charge in [-0.3, -0.25) is 4.72 Å². The van der Waals surface area contributed by atoms with Crippen LogP contribution in [0.1, 0.15) is 26.3 Å². The van der Waals surface area contributed by atoms with Gasteiger partial charge < -0.3 is 0 Å². The standard InChI is InChI=1S/C12H18BrNO2S/c1-9-5-6-10(13)7-11(9)14-17(15,16)8-12(2,3)4/h5-7,14H,8H2,1-4H3.